The van der Waals surface area contributed by atoms with Gasteiger partial charge in [-0.25, -0.2) is 0 Å². The Balaban J connectivity index is 2.94. The van der Waals surface area contributed by atoms with Gasteiger partial charge >= 0.3 is 0 Å². The van der Waals surface area contributed by atoms with Crippen LogP contribution in [0.25, 0.3) is 0 Å². The van der Waals surface area contributed by atoms with E-state index < -0.39 is 0 Å². The molecule has 2 amide bonds. The molecule has 5 nitrogen and oxygen atoms in total. The first-order valence-corrected chi connectivity index (χ1v) is 7.26. The number of nitrogens with one attached hydrogen (secondary N) is 2. The number of hydrogen-bond acceptors (Lipinski definition) is 3. The standard InChI is InChI=1S/C16H25N3O2/c1-10(2)12-6-5-7-13(11(3)4)16(12)19-15(21)9-18-14(20)8-17/h5-7,10-11H,8-9,17H2,1-4H3,(H,18,20)(H,19,21). The Labute approximate surface area is 126 Å². The molecule has 0 spiro atoms. The first-order chi connectivity index (χ1) is 9.86. The maximum Gasteiger partial charge on any atom is 0.243 e. The lowest BCUT2D eigenvalue weighted by Crippen LogP contribution is -2.36. The number of para-hydroxylation sites is 1. The molecule has 1 aromatic carbocycles. The van der Waals surface area contributed by atoms with Gasteiger partial charge in [-0.05, 0) is 23.0 Å². The normalized spacial score (nSPS) is 10.8. The maximum atomic E-state index is 12.0. The van der Waals surface area contributed by atoms with Crippen LogP contribution in [0.3, 0.4) is 0 Å². The fourth-order valence-electron chi connectivity index (χ4n) is 2.13. The summed E-state index contributed by atoms with van der Waals surface area (Å²) in [6.45, 7) is 8.17. The first kappa shape index (κ1) is 17.2. The van der Waals surface area contributed by atoms with E-state index in [-0.39, 0.29) is 24.9 Å². The second kappa shape index (κ2) is 7.78. The average molecular weight is 291 g/mol. The number of benzene rings is 1. The van der Waals surface area contributed by atoms with E-state index in [4.69, 9.17) is 5.73 Å². The molecule has 0 aliphatic heterocycles. The van der Waals surface area contributed by atoms with E-state index in [1.165, 1.54) is 0 Å². The van der Waals surface area contributed by atoms with Crippen LogP contribution in [0.2, 0.25) is 0 Å². The van der Waals surface area contributed by atoms with Crippen molar-refractivity contribution in [2.24, 2.45) is 5.73 Å². The molecule has 0 aliphatic carbocycles. The zero-order valence-electron chi connectivity index (χ0n) is 13.2. The van der Waals surface area contributed by atoms with Crippen LogP contribution in [0.15, 0.2) is 18.2 Å². The number of amides is 2. The molecule has 0 bridgehead atoms. The molecule has 0 heterocycles. The molecule has 1 rings (SSSR count). The van der Waals surface area contributed by atoms with Gasteiger partial charge in [0.25, 0.3) is 0 Å². The third-order valence-electron chi connectivity index (χ3n) is 3.27. The Kier molecular flexibility index (Phi) is 6.37. The molecule has 0 aromatic heterocycles. The van der Waals surface area contributed by atoms with E-state index in [1.807, 2.05) is 18.2 Å². The van der Waals surface area contributed by atoms with E-state index in [0.717, 1.165) is 16.8 Å². The lowest BCUT2D eigenvalue weighted by Gasteiger charge is -2.20. The van der Waals surface area contributed by atoms with E-state index in [2.05, 4.69) is 38.3 Å². The Bertz CT molecular complexity index is 484. The van der Waals surface area contributed by atoms with Crippen molar-refractivity contribution < 1.29 is 9.59 Å². The lowest BCUT2D eigenvalue weighted by molar-refractivity contribution is -0.123. The average Bonchev–Trinajstić information content (AvgIpc) is 2.44. The third kappa shape index (κ3) is 4.86. The molecule has 1 aromatic rings. The van der Waals surface area contributed by atoms with Crippen molar-refractivity contribution in [1.29, 1.82) is 0 Å². The Morgan fingerprint density at radius 2 is 1.57 bits per heavy atom. The number of rotatable bonds is 6. The summed E-state index contributed by atoms with van der Waals surface area (Å²) >= 11 is 0. The van der Waals surface area contributed by atoms with Gasteiger partial charge in [0, 0.05) is 5.69 Å². The van der Waals surface area contributed by atoms with Crippen LogP contribution in [0.4, 0.5) is 5.69 Å². The molecule has 5 heteroatoms. The molecule has 0 saturated carbocycles. The quantitative estimate of drug-likeness (QED) is 0.749. The molecule has 0 atom stereocenters. The monoisotopic (exact) mass is 291 g/mol. The molecule has 4 N–H and O–H groups in total. The number of hydrogen-bond donors (Lipinski definition) is 3. The largest absolute Gasteiger partial charge is 0.346 e. The lowest BCUT2D eigenvalue weighted by atomic mass is 9.92. The van der Waals surface area contributed by atoms with E-state index in [9.17, 15) is 9.59 Å². The molecule has 116 valence electrons. The molecule has 0 radical (unpaired) electrons. The predicted octanol–water partition coefficient (Wildman–Crippen LogP) is 1.95. The summed E-state index contributed by atoms with van der Waals surface area (Å²) < 4.78 is 0. The number of nitrogens with two attached hydrogens (primary N) is 1. The van der Waals surface area contributed by atoms with Crippen molar-refractivity contribution in [2.75, 3.05) is 18.4 Å². The SMILES string of the molecule is CC(C)c1cccc(C(C)C)c1NC(=O)CNC(=O)CN. The number of carbonyl (C=O) groups excluding carboxylic acids is 2. The highest BCUT2D eigenvalue weighted by atomic mass is 16.2. The summed E-state index contributed by atoms with van der Waals surface area (Å²) in [5, 5.41) is 5.40. The third-order valence-corrected chi connectivity index (χ3v) is 3.27. The van der Waals surface area contributed by atoms with Gasteiger partial charge in [0.15, 0.2) is 0 Å². The van der Waals surface area contributed by atoms with Crippen LogP contribution >= 0.6 is 0 Å². The zero-order chi connectivity index (χ0) is 16.0. The fraction of sp³-hybridized carbons (Fsp3) is 0.500. The van der Waals surface area contributed by atoms with Crippen molar-refractivity contribution >= 4 is 17.5 Å². The molecule has 21 heavy (non-hydrogen) atoms. The van der Waals surface area contributed by atoms with E-state index in [1.54, 1.807) is 0 Å². The van der Waals surface area contributed by atoms with Gasteiger partial charge in [0.2, 0.25) is 11.8 Å². The second-order valence-electron chi connectivity index (χ2n) is 5.65. The first-order valence-electron chi connectivity index (χ1n) is 7.26. The molecular weight excluding hydrogens is 266 g/mol. The van der Waals surface area contributed by atoms with Crippen molar-refractivity contribution in [2.45, 2.75) is 39.5 Å². The van der Waals surface area contributed by atoms with Crippen molar-refractivity contribution in [3.05, 3.63) is 29.3 Å². The van der Waals surface area contributed by atoms with Crippen LogP contribution in [0, 0.1) is 0 Å². The summed E-state index contributed by atoms with van der Waals surface area (Å²) in [5.41, 5.74) is 8.24. The highest BCUT2D eigenvalue weighted by Gasteiger charge is 2.16. The maximum absolute atomic E-state index is 12.0. The molecule has 0 fully saturated rings. The molecular formula is C16H25N3O2. The smallest absolute Gasteiger partial charge is 0.243 e. The zero-order valence-corrected chi connectivity index (χ0v) is 13.2. The second-order valence-corrected chi connectivity index (χ2v) is 5.65. The summed E-state index contributed by atoms with van der Waals surface area (Å²) in [6.07, 6.45) is 0. The molecule has 0 unspecified atom stereocenters. The van der Waals surface area contributed by atoms with Crippen molar-refractivity contribution in [3.63, 3.8) is 0 Å². The van der Waals surface area contributed by atoms with Gasteiger partial charge < -0.3 is 16.4 Å². The van der Waals surface area contributed by atoms with Crippen molar-refractivity contribution in [3.8, 4) is 0 Å². The molecule has 0 saturated heterocycles. The topological polar surface area (TPSA) is 84.2 Å². The van der Waals surface area contributed by atoms with Gasteiger partial charge in [-0.2, -0.15) is 0 Å². The Morgan fingerprint density at radius 1 is 1.05 bits per heavy atom. The van der Waals surface area contributed by atoms with Gasteiger partial charge in [-0.15, -0.1) is 0 Å². The highest BCUT2D eigenvalue weighted by Crippen LogP contribution is 2.32. The number of anilines is 1. The summed E-state index contributed by atoms with van der Waals surface area (Å²) in [6, 6.07) is 6.05. The van der Waals surface area contributed by atoms with E-state index in [0.29, 0.717) is 11.8 Å². The molecule has 0 aliphatic rings. The van der Waals surface area contributed by atoms with Crippen LogP contribution in [0.5, 0.6) is 0 Å². The van der Waals surface area contributed by atoms with Gasteiger partial charge in [0.1, 0.15) is 0 Å². The highest BCUT2D eigenvalue weighted by molar-refractivity contribution is 5.96. The van der Waals surface area contributed by atoms with Crippen molar-refractivity contribution in [1.82, 2.24) is 5.32 Å². The number of carbonyl (C=O) groups is 2. The fourth-order valence-corrected chi connectivity index (χ4v) is 2.13. The van der Waals surface area contributed by atoms with Crippen LogP contribution < -0.4 is 16.4 Å². The van der Waals surface area contributed by atoms with E-state index >= 15 is 0 Å². The van der Waals surface area contributed by atoms with Crippen LogP contribution in [0.1, 0.15) is 50.7 Å². The predicted molar refractivity (Wildman–Crippen MR) is 85.3 cm³/mol. The summed E-state index contributed by atoms with van der Waals surface area (Å²) in [4.78, 5) is 23.1. The summed E-state index contributed by atoms with van der Waals surface area (Å²) in [7, 11) is 0. The van der Waals surface area contributed by atoms with Gasteiger partial charge in [-0.1, -0.05) is 45.9 Å². The Hall–Kier alpha value is -1.88. The minimum Gasteiger partial charge on any atom is -0.346 e. The summed E-state index contributed by atoms with van der Waals surface area (Å²) in [5.74, 6) is 0.0217. The minimum atomic E-state index is -0.341. The van der Waals surface area contributed by atoms with Gasteiger partial charge in [0.05, 0.1) is 13.1 Å². The minimum absolute atomic E-state index is 0.0694. The van der Waals surface area contributed by atoms with Crippen LogP contribution in [-0.4, -0.2) is 24.9 Å². The van der Waals surface area contributed by atoms with Crippen LogP contribution in [-0.2, 0) is 9.59 Å². The Morgan fingerprint density at radius 3 is 2.00 bits per heavy atom. The van der Waals surface area contributed by atoms with Gasteiger partial charge in [-0.3, -0.25) is 9.59 Å².